The van der Waals surface area contributed by atoms with E-state index in [1.54, 1.807) is 0 Å². The number of rotatable bonds is 21. The lowest BCUT2D eigenvalue weighted by Gasteiger charge is -2.27. The standard InChI is InChI=1S/C27H48N6O8S/c1-16(2)15-21(33-25(38)19(11-14-42-3)31-23(36)17-8-6-13-29-17)26(39)30-18(7-4-5-12-28)24(37)32-20(27(40)41)9-10-22(34)35/h16-21,29H,4-15,28H2,1-3H3,(H,30,39)(H,31,36)(H,32,37)(H,33,38)(H,34,35)(H,40,41). The molecule has 1 heterocycles. The van der Waals surface area contributed by atoms with E-state index in [0.717, 1.165) is 13.0 Å². The van der Waals surface area contributed by atoms with E-state index < -0.39 is 60.2 Å². The fourth-order valence-electron chi connectivity index (χ4n) is 4.49. The molecule has 15 heteroatoms. The van der Waals surface area contributed by atoms with E-state index in [2.05, 4.69) is 26.6 Å². The number of amides is 4. The zero-order valence-corrected chi connectivity index (χ0v) is 25.6. The number of carboxylic acid groups (broad SMARTS) is 2. The Morgan fingerprint density at radius 1 is 0.857 bits per heavy atom. The summed E-state index contributed by atoms with van der Waals surface area (Å²) in [7, 11) is 0. The Bertz CT molecular complexity index is 915. The Labute approximate surface area is 251 Å². The van der Waals surface area contributed by atoms with Crippen molar-refractivity contribution in [2.75, 3.05) is 25.1 Å². The van der Waals surface area contributed by atoms with Gasteiger partial charge in [-0.1, -0.05) is 13.8 Å². The van der Waals surface area contributed by atoms with Gasteiger partial charge in [-0.25, -0.2) is 4.79 Å². The van der Waals surface area contributed by atoms with E-state index in [-0.39, 0.29) is 37.1 Å². The molecule has 5 unspecified atom stereocenters. The van der Waals surface area contributed by atoms with Gasteiger partial charge in [0.25, 0.3) is 0 Å². The van der Waals surface area contributed by atoms with Crippen LogP contribution in [-0.4, -0.2) is 101 Å². The van der Waals surface area contributed by atoms with Crippen LogP contribution in [0.3, 0.4) is 0 Å². The summed E-state index contributed by atoms with van der Waals surface area (Å²) < 4.78 is 0. The fourth-order valence-corrected chi connectivity index (χ4v) is 4.96. The van der Waals surface area contributed by atoms with Crippen LogP contribution in [0.25, 0.3) is 0 Å². The highest BCUT2D eigenvalue weighted by Gasteiger charge is 2.32. The molecular weight excluding hydrogens is 568 g/mol. The molecule has 42 heavy (non-hydrogen) atoms. The third-order valence-electron chi connectivity index (χ3n) is 6.80. The quantitative estimate of drug-likeness (QED) is 0.0770. The van der Waals surface area contributed by atoms with Gasteiger partial charge < -0.3 is 42.5 Å². The summed E-state index contributed by atoms with van der Waals surface area (Å²) in [5, 5.41) is 32.0. The molecule has 9 N–H and O–H groups in total. The van der Waals surface area contributed by atoms with Gasteiger partial charge in [0.2, 0.25) is 23.6 Å². The average Bonchev–Trinajstić information content (AvgIpc) is 3.47. The molecule has 0 saturated carbocycles. The second kappa shape index (κ2) is 20.1. The predicted molar refractivity (Wildman–Crippen MR) is 159 cm³/mol. The highest BCUT2D eigenvalue weighted by atomic mass is 32.2. The molecule has 14 nitrogen and oxygen atoms in total. The van der Waals surface area contributed by atoms with Gasteiger partial charge in [0.15, 0.2) is 0 Å². The van der Waals surface area contributed by atoms with Crippen molar-refractivity contribution in [3.63, 3.8) is 0 Å². The minimum atomic E-state index is -1.45. The highest BCUT2D eigenvalue weighted by Crippen LogP contribution is 2.11. The maximum Gasteiger partial charge on any atom is 0.326 e. The van der Waals surface area contributed by atoms with E-state index in [9.17, 15) is 33.9 Å². The second-order valence-electron chi connectivity index (χ2n) is 10.9. The van der Waals surface area contributed by atoms with Crippen LogP contribution >= 0.6 is 11.8 Å². The van der Waals surface area contributed by atoms with Gasteiger partial charge in [0.1, 0.15) is 24.2 Å². The van der Waals surface area contributed by atoms with Crippen LogP contribution in [0.1, 0.15) is 71.6 Å². The monoisotopic (exact) mass is 616 g/mol. The Morgan fingerprint density at radius 2 is 1.45 bits per heavy atom. The third-order valence-corrected chi connectivity index (χ3v) is 7.45. The van der Waals surface area contributed by atoms with Crippen molar-refractivity contribution >= 4 is 47.3 Å². The smallest absolute Gasteiger partial charge is 0.326 e. The number of unbranched alkanes of at least 4 members (excludes halogenated alkanes) is 1. The second-order valence-corrected chi connectivity index (χ2v) is 11.8. The molecule has 0 aromatic heterocycles. The van der Waals surface area contributed by atoms with Gasteiger partial charge in [-0.3, -0.25) is 24.0 Å². The summed E-state index contributed by atoms with van der Waals surface area (Å²) in [6, 6.07) is -4.85. The van der Waals surface area contributed by atoms with Crippen molar-refractivity contribution < 1.29 is 39.0 Å². The number of nitrogens with one attached hydrogen (secondary N) is 5. The van der Waals surface area contributed by atoms with Gasteiger partial charge in [0.05, 0.1) is 6.04 Å². The minimum absolute atomic E-state index is 0.0140. The van der Waals surface area contributed by atoms with Gasteiger partial charge in [-0.05, 0) is 82.4 Å². The SMILES string of the molecule is CSCCC(NC(=O)C1CCCN1)C(=O)NC(CC(C)C)C(=O)NC(CCCCN)C(=O)NC(CCC(=O)O)C(=O)O. The van der Waals surface area contributed by atoms with Crippen LogP contribution in [0.15, 0.2) is 0 Å². The molecule has 0 aromatic rings. The van der Waals surface area contributed by atoms with Crippen molar-refractivity contribution in [2.24, 2.45) is 11.7 Å². The zero-order chi connectivity index (χ0) is 31.7. The van der Waals surface area contributed by atoms with Gasteiger partial charge in [-0.2, -0.15) is 11.8 Å². The van der Waals surface area contributed by atoms with E-state index in [1.165, 1.54) is 11.8 Å². The first kappa shape index (κ1) is 37.1. The summed E-state index contributed by atoms with van der Waals surface area (Å²) in [5.74, 6) is -4.20. The topological polar surface area (TPSA) is 229 Å². The van der Waals surface area contributed by atoms with Crippen LogP contribution in [0.5, 0.6) is 0 Å². The summed E-state index contributed by atoms with van der Waals surface area (Å²) in [6.07, 6.45) is 4.41. The fraction of sp³-hybridized carbons (Fsp3) is 0.778. The molecular formula is C27H48N6O8S. The van der Waals surface area contributed by atoms with Crippen LogP contribution in [0.2, 0.25) is 0 Å². The number of hydrogen-bond donors (Lipinski definition) is 8. The molecule has 4 amide bonds. The maximum absolute atomic E-state index is 13.4. The van der Waals surface area contributed by atoms with Crippen molar-refractivity contribution in [1.29, 1.82) is 0 Å². The van der Waals surface area contributed by atoms with E-state index >= 15 is 0 Å². The van der Waals surface area contributed by atoms with Gasteiger partial charge in [-0.15, -0.1) is 0 Å². The number of nitrogens with two attached hydrogens (primary N) is 1. The van der Waals surface area contributed by atoms with E-state index in [1.807, 2.05) is 20.1 Å². The summed E-state index contributed by atoms with van der Waals surface area (Å²) in [6.45, 7) is 4.82. The Morgan fingerprint density at radius 3 is 1.98 bits per heavy atom. The number of carboxylic acids is 2. The first-order valence-electron chi connectivity index (χ1n) is 14.5. The Hall–Kier alpha value is -2.91. The molecule has 1 fully saturated rings. The van der Waals surface area contributed by atoms with Crippen molar-refractivity contribution in [3.8, 4) is 0 Å². The summed E-state index contributed by atoms with van der Waals surface area (Å²) in [5.41, 5.74) is 5.57. The molecule has 1 saturated heterocycles. The van der Waals surface area contributed by atoms with Gasteiger partial charge >= 0.3 is 11.9 Å². The first-order valence-corrected chi connectivity index (χ1v) is 15.9. The lowest BCUT2D eigenvalue weighted by molar-refractivity contribution is -0.143. The molecule has 0 spiro atoms. The normalized spacial score (nSPS) is 17.5. The van der Waals surface area contributed by atoms with Crippen molar-refractivity contribution in [1.82, 2.24) is 26.6 Å². The molecule has 5 atom stereocenters. The number of aliphatic carboxylic acids is 2. The van der Waals surface area contributed by atoms with Crippen LogP contribution in [0, 0.1) is 5.92 Å². The zero-order valence-electron chi connectivity index (χ0n) is 24.8. The third kappa shape index (κ3) is 14.3. The lowest BCUT2D eigenvalue weighted by Crippen LogP contribution is -2.58. The van der Waals surface area contributed by atoms with Gasteiger partial charge in [0, 0.05) is 6.42 Å². The van der Waals surface area contributed by atoms with Crippen LogP contribution in [-0.2, 0) is 28.8 Å². The number of carbonyl (C=O) groups excluding carboxylic acids is 4. The number of thioether (sulfide) groups is 1. The van der Waals surface area contributed by atoms with Crippen molar-refractivity contribution in [3.05, 3.63) is 0 Å². The maximum atomic E-state index is 13.4. The molecule has 240 valence electrons. The summed E-state index contributed by atoms with van der Waals surface area (Å²) in [4.78, 5) is 75.1. The Balaban J connectivity index is 3.05. The van der Waals surface area contributed by atoms with E-state index in [0.29, 0.717) is 38.0 Å². The van der Waals surface area contributed by atoms with E-state index in [4.69, 9.17) is 10.8 Å². The predicted octanol–water partition coefficient (Wildman–Crippen LogP) is -0.445. The van der Waals surface area contributed by atoms with Crippen LogP contribution in [0.4, 0.5) is 0 Å². The molecule has 1 aliphatic rings. The molecule has 0 aliphatic carbocycles. The number of carbonyl (C=O) groups is 6. The number of hydrogen-bond acceptors (Lipinski definition) is 9. The first-order chi connectivity index (χ1) is 19.9. The lowest BCUT2D eigenvalue weighted by atomic mass is 10.0. The minimum Gasteiger partial charge on any atom is -0.481 e. The highest BCUT2D eigenvalue weighted by molar-refractivity contribution is 7.98. The molecule has 1 rings (SSSR count). The van der Waals surface area contributed by atoms with Crippen molar-refractivity contribution in [2.45, 2.75) is 102 Å². The van der Waals surface area contributed by atoms with Crippen LogP contribution < -0.4 is 32.3 Å². The molecule has 0 bridgehead atoms. The Kier molecular flexibility index (Phi) is 17.7. The molecule has 0 radical (unpaired) electrons. The molecule has 0 aromatic carbocycles. The summed E-state index contributed by atoms with van der Waals surface area (Å²) >= 11 is 1.52. The average molecular weight is 617 g/mol. The molecule has 1 aliphatic heterocycles. The largest absolute Gasteiger partial charge is 0.481 e.